The van der Waals surface area contributed by atoms with Gasteiger partial charge in [-0.05, 0) is 56.2 Å². The molecular weight excluding hydrogens is 743 g/mol. The third-order valence-electron chi connectivity index (χ3n) is 7.43. The van der Waals surface area contributed by atoms with E-state index in [1.165, 1.54) is 40.2 Å². The van der Waals surface area contributed by atoms with E-state index in [-0.39, 0.29) is 47.4 Å². The molecule has 0 saturated carbocycles. The highest BCUT2D eigenvalue weighted by atomic mass is 32.2. The Kier molecular flexibility index (Phi) is 12.8. The molecule has 0 bridgehead atoms. The van der Waals surface area contributed by atoms with Crippen molar-refractivity contribution in [2.24, 2.45) is 10.2 Å². The van der Waals surface area contributed by atoms with E-state index in [0.29, 0.717) is 18.7 Å². The van der Waals surface area contributed by atoms with Crippen LogP contribution in [0.2, 0.25) is 6.04 Å². The molecule has 0 atom stereocenters. The van der Waals surface area contributed by atoms with Crippen molar-refractivity contribution in [1.82, 2.24) is 19.5 Å². The molecule has 7 N–H and O–H groups in total. The molecule has 0 aliphatic carbocycles. The van der Waals surface area contributed by atoms with Crippen LogP contribution in [0.3, 0.4) is 0 Å². The standard InChI is InChI=1S/C29H37N9O11S2Si/c1-5-38-25(39)21(17-50(41,42)43)18(2)24(26(38)40)37-36-22-16-20(12-13-23(22)51(44,45)46)32-29-34-27(30-14-9-15-52(47,48-3)49-4)33-28(35-29)31-19-10-7-6-8-11-19/h6-8,10-13,16,40,47H,5,9,14-15,17H2,1-4H3,(H,41,42,43)(H,44,45,46)(H3,30,31,32,33,34,35)/b37-36+. The predicted octanol–water partition coefficient (Wildman–Crippen LogP) is 3.63. The molecule has 0 aliphatic heterocycles. The van der Waals surface area contributed by atoms with Crippen LogP contribution in [-0.4, -0.2) is 84.9 Å². The van der Waals surface area contributed by atoms with E-state index >= 15 is 0 Å². The van der Waals surface area contributed by atoms with Gasteiger partial charge in [0.05, 0.1) is 0 Å². The maximum atomic E-state index is 12.8. The van der Waals surface area contributed by atoms with Crippen molar-refractivity contribution >= 4 is 69.6 Å². The number of benzene rings is 2. The van der Waals surface area contributed by atoms with Crippen molar-refractivity contribution in [1.29, 1.82) is 0 Å². The monoisotopic (exact) mass is 779 g/mol. The minimum absolute atomic E-state index is 0.0172. The summed E-state index contributed by atoms with van der Waals surface area (Å²) in [5.74, 6) is -1.54. The van der Waals surface area contributed by atoms with Crippen LogP contribution in [0, 0.1) is 6.92 Å². The molecule has 2 aromatic heterocycles. The quantitative estimate of drug-likeness (QED) is 0.0348. The molecule has 0 radical (unpaired) electrons. The second kappa shape index (κ2) is 16.6. The molecule has 4 aromatic rings. The van der Waals surface area contributed by atoms with E-state index in [2.05, 4.69) is 41.1 Å². The van der Waals surface area contributed by atoms with Crippen molar-refractivity contribution in [3.8, 4) is 5.88 Å². The van der Waals surface area contributed by atoms with E-state index in [1.807, 2.05) is 6.07 Å². The Morgan fingerprint density at radius 1 is 0.904 bits per heavy atom. The van der Waals surface area contributed by atoms with Gasteiger partial charge in [-0.15, -0.1) is 10.2 Å². The highest BCUT2D eigenvalue weighted by molar-refractivity contribution is 7.86. The molecule has 23 heteroatoms. The van der Waals surface area contributed by atoms with Gasteiger partial charge in [-0.1, -0.05) is 18.2 Å². The number of aromatic hydroxyl groups is 1. The predicted molar refractivity (Wildman–Crippen MR) is 191 cm³/mol. The largest absolute Gasteiger partial charge is 0.497 e. The fraction of sp³-hybridized carbons (Fsp3) is 0.310. The fourth-order valence-electron chi connectivity index (χ4n) is 4.76. The van der Waals surface area contributed by atoms with Gasteiger partial charge in [0.25, 0.3) is 25.8 Å². The summed E-state index contributed by atoms with van der Waals surface area (Å²) in [7, 11) is -10.1. The van der Waals surface area contributed by atoms with Crippen LogP contribution in [0.15, 0.2) is 68.4 Å². The number of nitrogens with one attached hydrogen (secondary N) is 3. The second-order valence-electron chi connectivity index (χ2n) is 11.0. The lowest BCUT2D eigenvalue weighted by atomic mass is 10.1. The molecule has 0 aliphatic rings. The first-order valence-corrected chi connectivity index (χ1v) is 20.3. The van der Waals surface area contributed by atoms with Crippen molar-refractivity contribution in [3.05, 3.63) is 70.0 Å². The zero-order valence-electron chi connectivity index (χ0n) is 28.3. The highest BCUT2D eigenvalue weighted by Gasteiger charge is 2.33. The molecule has 0 fully saturated rings. The maximum Gasteiger partial charge on any atom is 0.497 e. The number of hydrogen-bond acceptors (Lipinski definition) is 17. The molecule has 0 spiro atoms. The molecule has 0 saturated heterocycles. The van der Waals surface area contributed by atoms with Crippen molar-refractivity contribution in [2.75, 3.05) is 36.7 Å². The number of pyridine rings is 1. The van der Waals surface area contributed by atoms with E-state index in [9.17, 15) is 40.6 Å². The molecule has 2 aromatic carbocycles. The summed E-state index contributed by atoms with van der Waals surface area (Å²) in [6.45, 7) is 2.96. The number of para-hydroxylation sites is 1. The van der Waals surface area contributed by atoms with Gasteiger partial charge in [0.15, 0.2) is 0 Å². The summed E-state index contributed by atoms with van der Waals surface area (Å²) in [6.07, 6.45) is 0.438. The number of rotatable bonds is 17. The molecule has 0 amide bonds. The number of hydrogen-bond donors (Lipinski definition) is 7. The van der Waals surface area contributed by atoms with E-state index in [4.69, 9.17) is 8.85 Å². The Labute approximate surface area is 299 Å². The summed E-state index contributed by atoms with van der Waals surface area (Å²) < 4.78 is 78.2. The zero-order valence-corrected chi connectivity index (χ0v) is 30.9. The van der Waals surface area contributed by atoms with Gasteiger partial charge in [-0.3, -0.25) is 18.5 Å². The van der Waals surface area contributed by atoms with Crippen LogP contribution in [0.5, 0.6) is 5.88 Å². The lowest BCUT2D eigenvalue weighted by Crippen LogP contribution is -2.40. The lowest BCUT2D eigenvalue weighted by Gasteiger charge is -2.19. The molecular formula is C29H37N9O11S2Si. The summed E-state index contributed by atoms with van der Waals surface area (Å²) in [5.41, 5.74) is -1.42. The van der Waals surface area contributed by atoms with Gasteiger partial charge in [0, 0.05) is 50.3 Å². The van der Waals surface area contributed by atoms with Crippen LogP contribution >= 0.6 is 0 Å². The van der Waals surface area contributed by atoms with E-state index in [1.54, 1.807) is 24.3 Å². The van der Waals surface area contributed by atoms with Gasteiger partial charge in [-0.2, -0.15) is 31.8 Å². The summed E-state index contributed by atoms with van der Waals surface area (Å²) >= 11 is 0. The first-order valence-electron chi connectivity index (χ1n) is 15.3. The third-order valence-corrected chi connectivity index (χ3v) is 11.2. The average Bonchev–Trinajstić information content (AvgIpc) is 3.08. The number of anilines is 5. The van der Waals surface area contributed by atoms with Crippen molar-refractivity contribution in [3.63, 3.8) is 0 Å². The number of aromatic nitrogens is 4. The topological polar surface area (TPSA) is 289 Å². The van der Waals surface area contributed by atoms with Crippen molar-refractivity contribution < 1.29 is 44.7 Å². The second-order valence-corrected chi connectivity index (χ2v) is 16.6. The van der Waals surface area contributed by atoms with Crippen LogP contribution in [0.4, 0.5) is 40.6 Å². The smallest absolute Gasteiger partial charge is 0.493 e. The maximum absolute atomic E-state index is 12.8. The zero-order chi connectivity index (χ0) is 38.3. The minimum atomic E-state index is -4.88. The third kappa shape index (κ3) is 10.3. The highest BCUT2D eigenvalue weighted by Crippen LogP contribution is 2.35. The Balaban J connectivity index is 1.72. The van der Waals surface area contributed by atoms with Gasteiger partial charge >= 0.3 is 8.80 Å². The number of nitrogens with zero attached hydrogens (tertiary/aromatic N) is 6. The Morgan fingerprint density at radius 2 is 1.52 bits per heavy atom. The van der Waals surface area contributed by atoms with Gasteiger partial charge in [-0.25, -0.2) is 0 Å². The SMILES string of the molecule is CCn1c(O)c(/N=N/c2cc(Nc3nc(NCCC[Si](O)(OC)OC)nc(Nc4ccccc4)n3)ccc2S(=O)(=O)O)c(C)c(CS(=O)(=O)O)c1=O. The summed E-state index contributed by atoms with van der Waals surface area (Å²) in [6, 6.07) is 12.8. The first-order chi connectivity index (χ1) is 24.5. The van der Waals surface area contributed by atoms with Crippen molar-refractivity contribution in [2.45, 2.75) is 43.5 Å². The Morgan fingerprint density at radius 3 is 2.10 bits per heavy atom. The Bertz CT molecular complexity index is 2220. The number of azo groups is 1. The van der Waals surface area contributed by atoms with Gasteiger partial charge < -0.3 is 34.7 Å². The molecule has 20 nitrogen and oxygen atoms in total. The van der Waals surface area contributed by atoms with Crippen LogP contribution in [0.1, 0.15) is 24.5 Å². The fourth-order valence-corrected chi connectivity index (χ4v) is 7.27. The minimum Gasteiger partial charge on any atom is -0.493 e. The van der Waals surface area contributed by atoms with Gasteiger partial charge in [0.1, 0.15) is 22.0 Å². The summed E-state index contributed by atoms with van der Waals surface area (Å²) in [4.78, 5) is 35.6. The summed E-state index contributed by atoms with van der Waals surface area (Å²) in [5, 5.41) is 27.7. The van der Waals surface area contributed by atoms with Gasteiger partial charge in [0.2, 0.25) is 23.7 Å². The molecule has 280 valence electrons. The molecule has 4 rings (SSSR count). The Hall–Kier alpha value is -4.88. The molecule has 52 heavy (non-hydrogen) atoms. The van der Waals surface area contributed by atoms with E-state index < -0.39 is 62.4 Å². The average molecular weight is 780 g/mol. The van der Waals surface area contributed by atoms with Crippen LogP contribution < -0.4 is 21.5 Å². The molecule has 0 unspecified atom stereocenters. The molecule has 2 heterocycles. The normalized spacial score (nSPS) is 12.3. The van der Waals surface area contributed by atoms with E-state index in [0.717, 1.165) is 10.6 Å². The van der Waals surface area contributed by atoms with Crippen LogP contribution in [0.25, 0.3) is 0 Å². The van der Waals surface area contributed by atoms with Crippen LogP contribution in [-0.2, 0) is 41.4 Å². The lowest BCUT2D eigenvalue weighted by molar-refractivity contribution is 0.151. The first kappa shape index (κ1) is 39.9.